The molecule has 3 N–H and O–H groups in total. The van der Waals surface area contributed by atoms with Crippen molar-refractivity contribution < 1.29 is 39.2 Å². The molecule has 1 rings (SSSR count). The molecule has 1 aromatic rings. The zero-order valence-corrected chi connectivity index (χ0v) is 14.4. The fraction of sp³-hybridized carbons (Fsp3) is 0.222. The molecule has 0 atom stereocenters. The molecule has 0 amide bonds. The van der Waals surface area contributed by atoms with Gasteiger partial charge in [-0.15, -0.1) is 0 Å². The van der Waals surface area contributed by atoms with Gasteiger partial charge < -0.3 is 20.1 Å². The van der Waals surface area contributed by atoms with E-state index < -0.39 is 23.9 Å². The lowest BCUT2D eigenvalue weighted by Gasteiger charge is -2.09. The summed E-state index contributed by atoms with van der Waals surface area (Å²) in [5.74, 6) is -4.15. The summed E-state index contributed by atoms with van der Waals surface area (Å²) in [6, 6.07) is 4.16. The first-order valence-corrected chi connectivity index (χ1v) is 7.28. The molecule has 0 aliphatic heterocycles. The fourth-order valence-electron chi connectivity index (χ4n) is 1.62. The molecule has 140 valence electrons. The van der Waals surface area contributed by atoms with Crippen molar-refractivity contribution in [2.75, 3.05) is 6.61 Å². The van der Waals surface area contributed by atoms with E-state index in [0.29, 0.717) is 5.56 Å². The molecule has 8 nitrogen and oxygen atoms in total. The number of carboxylic acid groups (broad SMARTS) is 3. The van der Waals surface area contributed by atoms with Crippen LogP contribution in [0.1, 0.15) is 40.1 Å². The topological polar surface area (TPSA) is 138 Å². The van der Waals surface area contributed by atoms with Gasteiger partial charge in [0.15, 0.2) is 0 Å². The molecule has 0 radical (unpaired) electrons. The number of esters is 1. The third kappa shape index (κ3) is 7.43. The van der Waals surface area contributed by atoms with Crippen LogP contribution in [0.2, 0.25) is 0 Å². The molecule has 1 aromatic carbocycles. The minimum absolute atomic E-state index is 0.0466. The van der Waals surface area contributed by atoms with Crippen LogP contribution in [0.25, 0.3) is 0 Å². The predicted octanol–water partition coefficient (Wildman–Crippen LogP) is 2.39. The predicted molar refractivity (Wildman–Crippen MR) is 92.3 cm³/mol. The van der Waals surface area contributed by atoms with Crippen LogP contribution in [0.15, 0.2) is 42.5 Å². The molecule has 0 saturated carbocycles. The molecule has 0 fully saturated rings. The number of carboxylic acids is 3. The Labute approximate surface area is 150 Å². The number of hydrogen-bond donors (Lipinski definition) is 3. The summed E-state index contributed by atoms with van der Waals surface area (Å²) in [6.45, 7) is 9.47. The Bertz CT molecular complexity index is 734. The van der Waals surface area contributed by atoms with E-state index in [0.717, 1.165) is 0 Å². The summed E-state index contributed by atoms with van der Waals surface area (Å²) in [5, 5.41) is 26.0. The number of carbonyl (C=O) groups is 4. The summed E-state index contributed by atoms with van der Waals surface area (Å²) in [4.78, 5) is 43.0. The monoisotopic (exact) mass is 364 g/mol. The first-order chi connectivity index (χ1) is 12.0. The smallest absolute Gasteiger partial charge is 0.336 e. The van der Waals surface area contributed by atoms with Gasteiger partial charge >= 0.3 is 23.9 Å². The Kier molecular flexibility index (Phi) is 9.07. The second-order valence-corrected chi connectivity index (χ2v) is 5.20. The van der Waals surface area contributed by atoms with Crippen LogP contribution in [-0.4, -0.2) is 45.8 Å². The van der Waals surface area contributed by atoms with Gasteiger partial charge in [0.05, 0.1) is 17.7 Å². The summed E-state index contributed by atoms with van der Waals surface area (Å²) < 4.78 is 4.86. The largest absolute Gasteiger partial charge is 0.478 e. The van der Waals surface area contributed by atoms with Gasteiger partial charge in [-0.25, -0.2) is 19.2 Å². The molecular formula is C18H20O8. The first-order valence-electron chi connectivity index (χ1n) is 7.28. The van der Waals surface area contributed by atoms with Gasteiger partial charge in [0.1, 0.15) is 0 Å². The van der Waals surface area contributed by atoms with Crippen LogP contribution in [0.5, 0.6) is 0 Å². The van der Waals surface area contributed by atoms with Gasteiger partial charge in [-0.2, -0.15) is 0 Å². The van der Waals surface area contributed by atoms with Gasteiger partial charge in [0.25, 0.3) is 0 Å². The van der Waals surface area contributed by atoms with Crippen LogP contribution in [0.4, 0.5) is 0 Å². The van der Waals surface area contributed by atoms with E-state index in [-0.39, 0.29) is 35.3 Å². The number of aliphatic carboxylic acids is 1. The Morgan fingerprint density at radius 2 is 1.50 bits per heavy atom. The molecule has 0 unspecified atom stereocenters. The number of benzene rings is 1. The van der Waals surface area contributed by atoms with Crippen molar-refractivity contribution in [3.63, 3.8) is 0 Å². The highest BCUT2D eigenvalue weighted by molar-refractivity contribution is 6.02. The fourth-order valence-corrected chi connectivity index (χ4v) is 1.62. The number of hydrogen-bond acceptors (Lipinski definition) is 5. The highest BCUT2D eigenvalue weighted by Gasteiger charge is 2.19. The van der Waals surface area contributed by atoms with Crippen LogP contribution in [0.3, 0.4) is 0 Å². The maximum atomic E-state index is 11.2. The van der Waals surface area contributed by atoms with Crippen molar-refractivity contribution in [1.82, 2.24) is 0 Å². The molecule has 0 heterocycles. The quantitative estimate of drug-likeness (QED) is 0.495. The Balaban J connectivity index is 0.000000896. The van der Waals surface area contributed by atoms with Crippen molar-refractivity contribution >= 4 is 23.9 Å². The van der Waals surface area contributed by atoms with Gasteiger partial charge in [0, 0.05) is 17.6 Å². The number of aromatic carboxylic acids is 2. The summed E-state index contributed by atoms with van der Waals surface area (Å²) in [7, 11) is 0. The van der Waals surface area contributed by atoms with Crippen molar-refractivity contribution in [2.24, 2.45) is 0 Å². The lowest BCUT2D eigenvalue weighted by molar-refractivity contribution is -0.138. The second kappa shape index (κ2) is 10.4. The zero-order valence-electron chi connectivity index (χ0n) is 14.4. The number of carbonyl (C=O) groups excluding carboxylic acids is 1. The SMILES string of the molecule is C=C(C)C(=O)O.C=C(C)C(=O)OCCc1cccc(C(=O)O)c1C(=O)O. The molecule has 0 aliphatic carbocycles. The van der Waals surface area contributed by atoms with Gasteiger partial charge in [-0.05, 0) is 25.5 Å². The number of ether oxygens (including phenoxy) is 1. The maximum Gasteiger partial charge on any atom is 0.336 e. The third-order valence-electron chi connectivity index (χ3n) is 2.91. The highest BCUT2D eigenvalue weighted by Crippen LogP contribution is 2.16. The van der Waals surface area contributed by atoms with E-state index in [2.05, 4.69) is 13.2 Å². The van der Waals surface area contributed by atoms with E-state index in [1.54, 1.807) is 0 Å². The van der Waals surface area contributed by atoms with Crippen molar-refractivity contribution in [2.45, 2.75) is 20.3 Å². The lowest BCUT2D eigenvalue weighted by Crippen LogP contribution is -2.14. The average molecular weight is 364 g/mol. The van der Waals surface area contributed by atoms with E-state index in [9.17, 15) is 19.2 Å². The lowest BCUT2D eigenvalue weighted by atomic mass is 9.99. The summed E-state index contributed by atoms with van der Waals surface area (Å²) >= 11 is 0. The Morgan fingerprint density at radius 1 is 0.962 bits per heavy atom. The molecule has 0 aromatic heterocycles. The van der Waals surface area contributed by atoms with Crippen molar-refractivity contribution in [3.05, 3.63) is 59.2 Å². The van der Waals surface area contributed by atoms with Crippen molar-refractivity contribution in [3.8, 4) is 0 Å². The first kappa shape index (κ1) is 22.6. The Hall–Kier alpha value is -3.42. The highest BCUT2D eigenvalue weighted by atomic mass is 16.5. The molecular weight excluding hydrogens is 344 g/mol. The molecule has 8 heteroatoms. The Morgan fingerprint density at radius 3 is 1.88 bits per heavy atom. The normalized spacial score (nSPS) is 9.31. The molecule has 0 spiro atoms. The van der Waals surface area contributed by atoms with Crippen molar-refractivity contribution in [1.29, 1.82) is 0 Å². The van der Waals surface area contributed by atoms with Crippen LogP contribution in [0, 0.1) is 0 Å². The number of rotatable bonds is 7. The average Bonchev–Trinajstić information content (AvgIpc) is 2.54. The van der Waals surface area contributed by atoms with E-state index >= 15 is 0 Å². The molecule has 0 aliphatic rings. The van der Waals surface area contributed by atoms with Gasteiger partial charge in [0.2, 0.25) is 0 Å². The summed E-state index contributed by atoms with van der Waals surface area (Å²) in [5.41, 5.74) is 0.136. The van der Waals surface area contributed by atoms with E-state index in [1.165, 1.54) is 32.0 Å². The van der Waals surface area contributed by atoms with Gasteiger partial charge in [-0.3, -0.25) is 0 Å². The maximum absolute atomic E-state index is 11.2. The summed E-state index contributed by atoms with van der Waals surface area (Å²) in [6.07, 6.45) is 0.113. The molecule has 0 bridgehead atoms. The standard InChI is InChI=1S/C14H14O6.C4H6O2/c1-8(2)14(19)20-7-6-9-4-3-5-10(12(15)16)11(9)13(17)18;1-3(2)4(5)6/h3-5H,1,6-7H2,2H3,(H,15,16)(H,17,18);1H2,2H3,(H,5,6). The minimum Gasteiger partial charge on any atom is -0.478 e. The second-order valence-electron chi connectivity index (χ2n) is 5.20. The third-order valence-corrected chi connectivity index (χ3v) is 2.91. The minimum atomic E-state index is -1.33. The van der Waals surface area contributed by atoms with Crippen LogP contribution in [-0.2, 0) is 20.7 Å². The van der Waals surface area contributed by atoms with E-state index in [4.69, 9.17) is 20.1 Å². The molecule has 26 heavy (non-hydrogen) atoms. The molecule has 0 saturated heterocycles. The van der Waals surface area contributed by atoms with Crippen LogP contribution >= 0.6 is 0 Å². The zero-order chi connectivity index (χ0) is 20.4. The van der Waals surface area contributed by atoms with Gasteiger partial charge in [-0.1, -0.05) is 25.3 Å². The van der Waals surface area contributed by atoms with Crippen LogP contribution < -0.4 is 0 Å². The van der Waals surface area contributed by atoms with E-state index in [1.807, 2.05) is 0 Å².